The van der Waals surface area contributed by atoms with E-state index in [1.54, 1.807) is 0 Å². The third-order valence-corrected chi connectivity index (χ3v) is 9.11. The van der Waals surface area contributed by atoms with Crippen LogP contribution in [0.4, 0.5) is 24.5 Å². The zero-order valence-electron chi connectivity index (χ0n) is 21.7. The summed E-state index contributed by atoms with van der Waals surface area (Å²) in [6.07, 6.45) is 1.75. The van der Waals surface area contributed by atoms with Crippen molar-refractivity contribution in [1.82, 2.24) is 4.90 Å². The van der Waals surface area contributed by atoms with Crippen LogP contribution in [0.3, 0.4) is 0 Å². The first-order valence-corrected chi connectivity index (χ1v) is 14.2. The lowest BCUT2D eigenvalue weighted by molar-refractivity contribution is -0.137. The lowest BCUT2D eigenvalue weighted by atomic mass is 9.84. The fourth-order valence-electron chi connectivity index (χ4n) is 5.98. The summed E-state index contributed by atoms with van der Waals surface area (Å²) < 4.78 is 41.6. The van der Waals surface area contributed by atoms with E-state index < -0.39 is 11.7 Å². The highest BCUT2D eigenvalue weighted by molar-refractivity contribution is 7.99. The summed E-state index contributed by atoms with van der Waals surface area (Å²) in [5.41, 5.74) is 3.77. The average Bonchev–Trinajstić information content (AvgIpc) is 2.82. The summed E-state index contributed by atoms with van der Waals surface area (Å²) in [5, 5.41) is 3.54. The summed E-state index contributed by atoms with van der Waals surface area (Å²) in [7, 11) is 0. The number of hydrogen-bond donors (Lipinski definition) is 1. The predicted molar refractivity (Wildman–Crippen MR) is 143 cm³/mol. The molecule has 0 unspecified atom stereocenters. The minimum absolute atomic E-state index is 0.210. The quantitative estimate of drug-likeness (QED) is 0.374. The molecule has 0 atom stereocenters. The first-order valence-electron chi connectivity index (χ1n) is 13.4. The molecule has 2 fully saturated rings. The molecule has 2 aromatic carbocycles. The third-order valence-electron chi connectivity index (χ3n) is 7.93. The first-order chi connectivity index (χ1) is 17.1. The van der Waals surface area contributed by atoms with Crippen molar-refractivity contribution in [2.45, 2.75) is 81.3 Å². The van der Waals surface area contributed by atoms with Crippen molar-refractivity contribution >= 4 is 23.1 Å². The van der Waals surface area contributed by atoms with Crippen LogP contribution in [0.15, 0.2) is 40.1 Å². The molecule has 0 aliphatic carbocycles. The smallest absolute Gasteiger partial charge is 0.382 e. The molecule has 0 saturated carbocycles. The van der Waals surface area contributed by atoms with Crippen molar-refractivity contribution in [3.8, 4) is 0 Å². The summed E-state index contributed by atoms with van der Waals surface area (Å²) in [5.74, 6) is 0. The SMILES string of the molecule is CCCN1CCC(Nc2cc(C(F)(F)F)cc3c2Cc2ccc(N4CCCC(C)(C)C4)cc2S3)CC1. The van der Waals surface area contributed by atoms with Gasteiger partial charge in [0.25, 0.3) is 0 Å². The molecule has 0 amide bonds. The van der Waals surface area contributed by atoms with Crippen molar-refractivity contribution < 1.29 is 13.2 Å². The number of fused-ring (bicyclic) bond motifs is 2. The number of nitrogens with zero attached hydrogens (tertiary/aromatic N) is 2. The van der Waals surface area contributed by atoms with Gasteiger partial charge in [0.2, 0.25) is 0 Å². The highest BCUT2D eigenvalue weighted by Gasteiger charge is 2.34. The van der Waals surface area contributed by atoms with Gasteiger partial charge in [-0.2, -0.15) is 13.2 Å². The van der Waals surface area contributed by atoms with Gasteiger partial charge < -0.3 is 15.1 Å². The predicted octanol–water partition coefficient (Wildman–Crippen LogP) is 7.67. The van der Waals surface area contributed by atoms with Gasteiger partial charge >= 0.3 is 6.18 Å². The number of nitrogens with one attached hydrogen (secondary N) is 1. The molecule has 0 spiro atoms. The fraction of sp³-hybridized carbons (Fsp3) is 0.586. The number of piperidine rings is 2. The van der Waals surface area contributed by atoms with E-state index >= 15 is 0 Å². The van der Waals surface area contributed by atoms with Gasteiger partial charge in [0, 0.05) is 59.8 Å². The topological polar surface area (TPSA) is 18.5 Å². The Morgan fingerprint density at radius 2 is 1.83 bits per heavy atom. The molecule has 0 bridgehead atoms. The van der Waals surface area contributed by atoms with E-state index in [9.17, 15) is 13.2 Å². The van der Waals surface area contributed by atoms with Crippen molar-refractivity contribution in [3.63, 3.8) is 0 Å². The molecular formula is C29H38F3N3S. The van der Waals surface area contributed by atoms with Gasteiger partial charge in [-0.05, 0) is 79.5 Å². The summed E-state index contributed by atoms with van der Waals surface area (Å²) in [6.45, 7) is 11.9. The van der Waals surface area contributed by atoms with Crippen molar-refractivity contribution in [2.75, 3.05) is 42.9 Å². The maximum atomic E-state index is 13.9. The molecular weight excluding hydrogens is 479 g/mol. The van der Waals surface area contributed by atoms with E-state index in [1.165, 1.54) is 48.0 Å². The average molecular weight is 518 g/mol. The van der Waals surface area contributed by atoms with Crippen molar-refractivity contribution in [3.05, 3.63) is 47.0 Å². The van der Waals surface area contributed by atoms with Crippen LogP contribution in [0.1, 0.15) is 69.6 Å². The molecule has 0 radical (unpaired) electrons. The third kappa shape index (κ3) is 5.67. The summed E-state index contributed by atoms with van der Waals surface area (Å²) in [6, 6.07) is 9.49. The van der Waals surface area contributed by atoms with Gasteiger partial charge in [-0.1, -0.05) is 38.6 Å². The van der Waals surface area contributed by atoms with E-state index in [2.05, 4.69) is 54.1 Å². The Kier molecular flexibility index (Phi) is 7.25. The van der Waals surface area contributed by atoms with E-state index in [-0.39, 0.29) is 11.5 Å². The Morgan fingerprint density at radius 3 is 2.53 bits per heavy atom. The fourth-order valence-corrected chi connectivity index (χ4v) is 7.16. The molecule has 3 nitrogen and oxygen atoms in total. The van der Waals surface area contributed by atoms with Crippen LogP contribution in [0, 0.1) is 5.41 Å². The molecule has 36 heavy (non-hydrogen) atoms. The van der Waals surface area contributed by atoms with Crippen molar-refractivity contribution in [2.24, 2.45) is 5.41 Å². The number of alkyl halides is 3. The van der Waals surface area contributed by atoms with Gasteiger partial charge in [-0.3, -0.25) is 0 Å². The highest BCUT2D eigenvalue weighted by atomic mass is 32.2. The largest absolute Gasteiger partial charge is 0.416 e. The van der Waals surface area contributed by atoms with E-state index in [0.29, 0.717) is 12.1 Å². The zero-order chi connectivity index (χ0) is 25.5. The Balaban J connectivity index is 1.40. The minimum Gasteiger partial charge on any atom is -0.382 e. The number of hydrogen-bond acceptors (Lipinski definition) is 4. The minimum atomic E-state index is -4.36. The second kappa shape index (κ2) is 10.1. The molecule has 0 aromatic heterocycles. The van der Waals surface area contributed by atoms with Gasteiger partial charge in [0.05, 0.1) is 5.56 Å². The number of benzene rings is 2. The van der Waals surface area contributed by atoms with Crippen LogP contribution in [-0.4, -0.2) is 43.7 Å². The van der Waals surface area contributed by atoms with E-state index in [1.807, 2.05) is 0 Å². The number of halogens is 3. The Hall–Kier alpha value is -1.86. The lowest BCUT2D eigenvalue weighted by Gasteiger charge is -2.40. The molecule has 2 saturated heterocycles. The number of rotatable bonds is 5. The Bertz CT molecular complexity index is 1090. The van der Waals surface area contributed by atoms with Gasteiger partial charge in [0.1, 0.15) is 0 Å². The zero-order valence-corrected chi connectivity index (χ0v) is 22.5. The maximum Gasteiger partial charge on any atom is 0.416 e. The van der Waals surface area contributed by atoms with Gasteiger partial charge in [0.15, 0.2) is 0 Å². The second-order valence-electron chi connectivity index (χ2n) is 11.5. The van der Waals surface area contributed by atoms with Crippen LogP contribution < -0.4 is 10.2 Å². The normalized spacial score (nSPS) is 20.7. The summed E-state index contributed by atoms with van der Waals surface area (Å²) in [4.78, 5) is 6.71. The van der Waals surface area contributed by atoms with Crippen LogP contribution in [-0.2, 0) is 12.6 Å². The first kappa shape index (κ1) is 25.8. The second-order valence-corrected chi connectivity index (χ2v) is 12.6. The molecule has 2 aromatic rings. The molecule has 5 rings (SSSR count). The number of likely N-dealkylation sites (tertiary alicyclic amines) is 1. The summed E-state index contributed by atoms with van der Waals surface area (Å²) >= 11 is 1.50. The van der Waals surface area contributed by atoms with E-state index in [4.69, 9.17) is 0 Å². The van der Waals surface area contributed by atoms with Gasteiger partial charge in [-0.15, -0.1) is 0 Å². The highest BCUT2D eigenvalue weighted by Crippen LogP contribution is 2.47. The lowest BCUT2D eigenvalue weighted by Crippen LogP contribution is -2.40. The molecule has 7 heteroatoms. The van der Waals surface area contributed by atoms with Crippen molar-refractivity contribution in [1.29, 1.82) is 0 Å². The van der Waals surface area contributed by atoms with Crippen LogP contribution in [0.25, 0.3) is 0 Å². The molecule has 196 valence electrons. The standard InChI is InChI=1S/C29H38F3N3S/c1-4-11-34-13-8-22(9-14-34)33-25-16-21(29(30,31)32)17-27-24(25)15-20-6-7-23(18-26(20)36-27)35-12-5-10-28(2,3)19-35/h6-7,16-18,22,33H,4-5,8-15,19H2,1-3H3. The van der Waals surface area contributed by atoms with Crippen LogP contribution in [0.2, 0.25) is 0 Å². The Morgan fingerprint density at radius 1 is 1.06 bits per heavy atom. The molecule has 3 heterocycles. The van der Waals surface area contributed by atoms with Crippen LogP contribution in [0.5, 0.6) is 0 Å². The molecule has 3 aliphatic heterocycles. The monoisotopic (exact) mass is 517 g/mol. The Labute approximate surface area is 217 Å². The molecule has 1 N–H and O–H groups in total. The molecule has 3 aliphatic rings. The maximum absolute atomic E-state index is 13.9. The van der Waals surface area contributed by atoms with Gasteiger partial charge in [-0.25, -0.2) is 0 Å². The number of anilines is 2. The van der Waals surface area contributed by atoms with Crippen LogP contribution >= 0.6 is 11.8 Å². The van der Waals surface area contributed by atoms with E-state index in [0.717, 1.165) is 67.3 Å².